The second-order valence-corrected chi connectivity index (χ2v) is 4.65. The Kier molecular flexibility index (Phi) is 4.59. The molecule has 114 valence electrons. The molecule has 1 aromatic heterocycles. The van der Waals surface area contributed by atoms with E-state index >= 15 is 0 Å². The van der Waals surface area contributed by atoms with Crippen molar-refractivity contribution in [1.29, 1.82) is 0 Å². The Bertz CT molecular complexity index is 531. The minimum atomic E-state index is -1.30. The van der Waals surface area contributed by atoms with Gasteiger partial charge in [0.2, 0.25) is 11.3 Å². The number of carbonyl (C=O) groups is 2. The molecular weight excluding hydrogens is 280 g/mol. The Morgan fingerprint density at radius 2 is 2.14 bits per heavy atom. The molecule has 8 nitrogen and oxygen atoms in total. The first-order valence-corrected chi connectivity index (χ1v) is 6.46. The number of nitrogens with one attached hydrogen (secondary N) is 1. The number of hydrogen-bond donors (Lipinski definition) is 2. The fourth-order valence-electron chi connectivity index (χ4n) is 2.23. The van der Waals surface area contributed by atoms with Crippen LogP contribution in [0.1, 0.15) is 31.4 Å². The molecule has 0 aromatic carbocycles. The van der Waals surface area contributed by atoms with Crippen LogP contribution >= 0.6 is 0 Å². The van der Waals surface area contributed by atoms with Crippen LogP contribution in [0.5, 0.6) is 0 Å². The summed E-state index contributed by atoms with van der Waals surface area (Å²) in [5.74, 6) is -1.72. The molecular formula is C13H16N2O6. The van der Waals surface area contributed by atoms with E-state index in [1.54, 1.807) is 0 Å². The molecule has 8 heteroatoms. The van der Waals surface area contributed by atoms with Crippen molar-refractivity contribution >= 4 is 17.6 Å². The number of hydroxylamine groups is 1. The van der Waals surface area contributed by atoms with E-state index in [2.05, 4.69) is 15.5 Å². The van der Waals surface area contributed by atoms with Crippen LogP contribution in [0.4, 0.5) is 0 Å². The third-order valence-corrected chi connectivity index (χ3v) is 3.29. The second-order valence-electron chi connectivity index (χ2n) is 4.65. The average Bonchev–Trinajstić information content (AvgIpc) is 3.10. The highest BCUT2D eigenvalue weighted by molar-refractivity contribution is 6.41. The summed E-state index contributed by atoms with van der Waals surface area (Å²) in [6.07, 6.45) is 3.79. The number of amides is 1. The predicted octanol–water partition coefficient (Wildman–Crippen LogP) is 1.08. The number of carbonyl (C=O) groups excluding carboxylic acids is 1. The second kappa shape index (κ2) is 6.40. The van der Waals surface area contributed by atoms with E-state index in [-0.39, 0.29) is 5.76 Å². The van der Waals surface area contributed by atoms with E-state index < -0.39 is 23.2 Å². The quantitative estimate of drug-likeness (QED) is 0.600. The van der Waals surface area contributed by atoms with Crippen molar-refractivity contribution in [3.8, 4) is 0 Å². The summed E-state index contributed by atoms with van der Waals surface area (Å²) in [6.45, 7) is 0. The van der Waals surface area contributed by atoms with E-state index in [1.807, 2.05) is 0 Å². The van der Waals surface area contributed by atoms with E-state index in [9.17, 15) is 9.59 Å². The predicted molar refractivity (Wildman–Crippen MR) is 70.3 cm³/mol. The molecule has 1 amide bonds. The maximum Gasteiger partial charge on any atom is 0.361 e. The fraction of sp³-hybridized carbons (Fsp3) is 0.462. The number of carboxylic acid groups (broad SMARTS) is 1. The third kappa shape index (κ3) is 3.22. The summed E-state index contributed by atoms with van der Waals surface area (Å²) >= 11 is 0. The number of furan rings is 1. The molecule has 0 radical (unpaired) electrons. The monoisotopic (exact) mass is 296 g/mol. The lowest BCUT2D eigenvalue weighted by Gasteiger charge is -2.24. The topological polar surface area (TPSA) is 110 Å². The van der Waals surface area contributed by atoms with Crippen molar-refractivity contribution < 1.29 is 28.8 Å². The molecule has 1 aliphatic rings. The molecule has 2 rings (SSSR count). The van der Waals surface area contributed by atoms with Crippen molar-refractivity contribution in [3.05, 3.63) is 24.2 Å². The van der Waals surface area contributed by atoms with Crippen molar-refractivity contribution in [2.45, 2.75) is 31.3 Å². The first kappa shape index (κ1) is 15.0. The van der Waals surface area contributed by atoms with Gasteiger partial charge in [-0.3, -0.25) is 9.63 Å². The van der Waals surface area contributed by atoms with Gasteiger partial charge in [0, 0.05) is 0 Å². The largest absolute Gasteiger partial charge is 0.476 e. The Morgan fingerprint density at radius 3 is 2.67 bits per heavy atom. The zero-order chi connectivity index (χ0) is 15.3. The van der Waals surface area contributed by atoms with Gasteiger partial charge in [0.15, 0.2) is 5.76 Å². The number of rotatable bonds is 6. The lowest BCUT2D eigenvalue weighted by molar-refractivity contribution is -0.158. The zero-order valence-corrected chi connectivity index (χ0v) is 11.5. The Balaban J connectivity index is 2.22. The van der Waals surface area contributed by atoms with Gasteiger partial charge in [-0.05, 0) is 37.8 Å². The van der Waals surface area contributed by atoms with E-state index in [0.717, 1.165) is 12.8 Å². The number of hydrogen-bond acceptors (Lipinski definition) is 6. The van der Waals surface area contributed by atoms with Gasteiger partial charge in [-0.25, -0.2) is 10.3 Å². The Hall–Kier alpha value is -2.35. The molecule has 0 atom stereocenters. The molecule has 0 aliphatic heterocycles. The van der Waals surface area contributed by atoms with Crippen molar-refractivity contribution in [3.63, 3.8) is 0 Å². The van der Waals surface area contributed by atoms with Gasteiger partial charge in [-0.15, -0.1) is 0 Å². The summed E-state index contributed by atoms with van der Waals surface area (Å²) in [5.41, 5.74) is 0.615. The SMILES string of the molecule is CONC(=O)C1(ON=C(C(=O)O)c2ccco2)CCCC1. The lowest BCUT2D eigenvalue weighted by Crippen LogP contribution is -2.45. The summed E-state index contributed by atoms with van der Waals surface area (Å²) < 4.78 is 5.00. The first-order valence-electron chi connectivity index (χ1n) is 6.46. The molecule has 0 unspecified atom stereocenters. The minimum Gasteiger partial charge on any atom is -0.476 e. The summed E-state index contributed by atoms with van der Waals surface area (Å²) in [7, 11) is 1.31. The normalized spacial score (nSPS) is 17.5. The lowest BCUT2D eigenvalue weighted by atomic mass is 10.0. The average molecular weight is 296 g/mol. The van der Waals surface area contributed by atoms with Gasteiger partial charge >= 0.3 is 5.97 Å². The molecule has 1 heterocycles. The van der Waals surface area contributed by atoms with Crippen LogP contribution in [0.25, 0.3) is 0 Å². The van der Waals surface area contributed by atoms with Crippen molar-refractivity contribution in [2.24, 2.45) is 5.16 Å². The summed E-state index contributed by atoms with van der Waals surface area (Å²) in [5, 5.41) is 12.8. The van der Waals surface area contributed by atoms with Crippen molar-refractivity contribution in [2.75, 3.05) is 7.11 Å². The first-order chi connectivity index (χ1) is 10.1. The van der Waals surface area contributed by atoms with Crippen LogP contribution in [-0.2, 0) is 19.3 Å². The zero-order valence-electron chi connectivity index (χ0n) is 11.5. The standard InChI is InChI=1S/C13H16N2O6/c1-19-15-12(18)13(6-2-3-7-13)21-14-10(11(16)17)9-5-4-8-20-9/h4-5,8H,2-3,6-7H2,1H3,(H,15,18)(H,16,17). The number of carboxylic acids is 1. The van der Waals surface area contributed by atoms with E-state index in [4.69, 9.17) is 14.4 Å². The number of oxime groups is 1. The smallest absolute Gasteiger partial charge is 0.361 e. The van der Waals surface area contributed by atoms with Crippen LogP contribution < -0.4 is 5.48 Å². The minimum absolute atomic E-state index is 0.0581. The van der Waals surface area contributed by atoms with Gasteiger partial charge in [-0.2, -0.15) is 0 Å². The van der Waals surface area contributed by atoms with Gasteiger partial charge in [-0.1, -0.05) is 5.16 Å². The van der Waals surface area contributed by atoms with Gasteiger partial charge < -0.3 is 14.4 Å². The molecule has 1 saturated carbocycles. The summed E-state index contributed by atoms with van der Waals surface area (Å²) in [6, 6.07) is 2.99. The molecule has 1 aromatic rings. The summed E-state index contributed by atoms with van der Waals surface area (Å²) in [4.78, 5) is 33.2. The maximum absolute atomic E-state index is 12.0. The molecule has 1 aliphatic carbocycles. The molecule has 0 saturated heterocycles. The molecule has 21 heavy (non-hydrogen) atoms. The van der Waals surface area contributed by atoms with Gasteiger partial charge in [0.1, 0.15) is 0 Å². The highest BCUT2D eigenvalue weighted by Crippen LogP contribution is 2.34. The highest BCUT2D eigenvalue weighted by Gasteiger charge is 2.45. The molecule has 0 spiro atoms. The van der Waals surface area contributed by atoms with Gasteiger partial charge in [0.25, 0.3) is 5.91 Å². The fourth-order valence-corrected chi connectivity index (χ4v) is 2.23. The van der Waals surface area contributed by atoms with Crippen LogP contribution in [0, 0.1) is 0 Å². The van der Waals surface area contributed by atoms with E-state index in [1.165, 1.54) is 25.5 Å². The Labute approximate surface area is 120 Å². The number of aliphatic carboxylic acids is 1. The van der Waals surface area contributed by atoms with Crippen molar-refractivity contribution in [1.82, 2.24) is 5.48 Å². The van der Waals surface area contributed by atoms with Crippen LogP contribution in [0.3, 0.4) is 0 Å². The van der Waals surface area contributed by atoms with E-state index in [0.29, 0.717) is 12.8 Å². The van der Waals surface area contributed by atoms with Crippen LogP contribution in [0.2, 0.25) is 0 Å². The maximum atomic E-state index is 12.0. The molecule has 2 N–H and O–H groups in total. The van der Waals surface area contributed by atoms with Gasteiger partial charge in [0.05, 0.1) is 13.4 Å². The molecule has 0 bridgehead atoms. The van der Waals surface area contributed by atoms with Crippen LogP contribution in [-0.4, -0.2) is 35.4 Å². The third-order valence-electron chi connectivity index (χ3n) is 3.29. The number of nitrogens with zero attached hydrogens (tertiary/aromatic N) is 1. The Morgan fingerprint density at radius 1 is 1.43 bits per heavy atom. The molecule has 1 fully saturated rings. The highest BCUT2D eigenvalue weighted by atomic mass is 16.7. The van der Waals surface area contributed by atoms with Crippen LogP contribution in [0.15, 0.2) is 28.0 Å².